The second-order valence-electron chi connectivity index (χ2n) is 6.52. The molecule has 0 radical (unpaired) electrons. The Labute approximate surface area is 143 Å². The van der Waals surface area contributed by atoms with E-state index in [-0.39, 0.29) is 5.41 Å². The van der Waals surface area contributed by atoms with Crippen LogP contribution in [0.5, 0.6) is 5.75 Å². The van der Waals surface area contributed by atoms with Crippen molar-refractivity contribution in [1.29, 1.82) is 0 Å². The molecule has 0 saturated heterocycles. The van der Waals surface area contributed by atoms with Crippen LogP contribution in [0.25, 0.3) is 0 Å². The first-order chi connectivity index (χ1) is 11.7. The van der Waals surface area contributed by atoms with E-state index in [0.717, 1.165) is 18.7 Å². The topological polar surface area (TPSA) is 27.1 Å². The van der Waals surface area contributed by atoms with Gasteiger partial charge in [0, 0.05) is 24.4 Å². The lowest BCUT2D eigenvalue weighted by molar-refractivity contribution is 0.301. The van der Waals surface area contributed by atoms with Crippen molar-refractivity contribution in [3.05, 3.63) is 84.4 Å². The Bertz CT molecular complexity index is 731. The first-order valence-electron chi connectivity index (χ1n) is 8.41. The van der Waals surface area contributed by atoms with E-state index in [2.05, 4.69) is 78.0 Å². The number of benzene rings is 2. The van der Waals surface area contributed by atoms with Crippen LogP contribution in [0.15, 0.2) is 73.3 Å². The quantitative estimate of drug-likeness (QED) is 0.591. The SMILES string of the molecule is CC(C)(c1ccccc1)c1ccc(OCCCn2ccnc2)cc1. The number of rotatable bonds is 7. The zero-order valence-electron chi connectivity index (χ0n) is 14.4. The molecule has 0 N–H and O–H groups in total. The molecule has 0 fully saturated rings. The van der Waals surface area contributed by atoms with Gasteiger partial charge in [-0.05, 0) is 29.7 Å². The molecule has 0 amide bonds. The molecule has 124 valence electrons. The van der Waals surface area contributed by atoms with Crippen LogP contribution >= 0.6 is 0 Å². The van der Waals surface area contributed by atoms with E-state index in [9.17, 15) is 0 Å². The van der Waals surface area contributed by atoms with Gasteiger partial charge < -0.3 is 9.30 Å². The number of imidazole rings is 1. The van der Waals surface area contributed by atoms with Crippen molar-refractivity contribution in [3.63, 3.8) is 0 Å². The lowest BCUT2D eigenvalue weighted by Crippen LogP contribution is -2.18. The third-order valence-corrected chi connectivity index (χ3v) is 4.46. The maximum Gasteiger partial charge on any atom is 0.119 e. The normalized spacial score (nSPS) is 11.4. The lowest BCUT2D eigenvalue weighted by atomic mass is 9.78. The summed E-state index contributed by atoms with van der Waals surface area (Å²) in [6.07, 6.45) is 6.57. The lowest BCUT2D eigenvalue weighted by Gasteiger charge is -2.26. The second kappa shape index (κ2) is 7.35. The molecule has 0 aliphatic rings. The Morgan fingerprint density at radius 3 is 2.33 bits per heavy atom. The number of aryl methyl sites for hydroxylation is 1. The van der Waals surface area contributed by atoms with Gasteiger partial charge in [0.15, 0.2) is 0 Å². The molecule has 3 rings (SSSR count). The van der Waals surface area contributed by atoms with Crippen LogP contribution in [0.4, 0.5) is 0 Å². The second-order valence-corrected chi connectivity index (χ2v) is 6.52. The molecule has 1 heterocycles. The zero-order chi connectivity index (χ0) is 16.8. The van der Waals surface area contributed by atoms with Crippen molar-refractivity contribution < 1.29 is 4.74 Å². The predicted molar refractivity (Wildman–Crippen MR) is 97.4 cm³/mol. The van der Waals surface area contributed by atoms with Gasteiger partial charge in [0.2, 0.25) is 0 Å². The van der Waals surface area contributed by atoms with Gasteiger partial charge in [0.05, 0.1) is 12.9 Å². The summed E-state index contributed by atoms with van der Waals surface area (Å²) >= 11 is 0. The maximum absolute atomic E-state index is 5.84. The van der Waals surface area contributed by atoms with E-state index in [0.29, 0.717) is 6.61 Å². The Morgan fingerprint density at radius 2 is 1.67 bits per heavy atom. The Morgan fingerprint density at radius 1 is 0.958 bits per heavy atom. The van der Waals surface area contributed by atoms with Crippen molar-refractivity contribution in [2.24, 2.45) is 0 Å². The van der Waals surface area contributed by atoms with Crippen LogP contribution < -0.4 is 4.74 Å². The molecule has 0 unspecified atom stereocenters. The number of ether oxygens (including phenoxy) is 1. The van der Waals surface area contributed by atoms with Gasteiger partial charge in [0.1, 0.15) is 5.75 Å². The molecule has 2 aromatic carbocycles. The van der Waals surface area contributed by atoms with Crippen LogP contribution in [0, 0.1) is 0 Å². The maximum atomic E-state index is 5.84. The fourth-order valence-electron chi connectivity index (χ4n) is 2.85. The average Bonchev–Trinajstić information content (AvgIpc) is 3.13. The summed E-state index contributed by atoms with van der Waals surface area (Å²) in [4.78, 5) is 4.04. The van der Waals surface area contributed by atoms with Crippen molar-refractivity contribution >= 4 is 0 Å². The fraction of sp³-hybridized carbons (Fsp3) is 0.286. The number of hydrogen-bond acceptors (Lipinski definition) is 2. The van der Waals surface area contributed by atoms with E-state index in [4.69, 9.17) is 4.74 Å². The van der Waals surface area contributed by atoms with Gasteiger partial charge in [-0.3, -0.25) is 0 Å². The summed E-state index contributed by atoms with van der Waals surface area (Å²) in [6, 6.07) is 19.1. The van der Waals surface area contributed by atoms with Crippen molar-refractivity contribution in [2.75, 3.05) is 6.61 Å². The standard InChI is InChI=1S/C21H24N2O/c1-21(2,18-7-4-3-5-8-18)19-9-11-20(12-10-19)24-16-6-14-23-15-13-22-17-23/h3-5,7-13,15,17H,6,14,16H2,1-2H3. The first kappa shape index (κ1) is 16.3. The highest BCUT2D eigenvalue weighted by Crippen LogP contribution is 2.32. The smallest absolute Gasteiger partial charge is 0.119 e. The largest absolute Gasteiger partial charge is 0.494 e. The molecule has 3 heteroatoms. The molecule has 0 aliphatic carbocycles. The van der Waals surface area contributed by atoms with Crippen molar-refractivity contribution in [2.45, 2.75) is 32.2 Å². The average molecular weight is 320 g/mol. The molecule has 3 nitrogen and oxygen atoms in total. The van der Waals surface area contributed by atoms with E-state index >= 15 is 0 Å². The van der Waals surface area contributed by atoms with Crippen LogP contribution in [-0.4, -0.2) is 16.2 Å². The summed E-state index contributed by atoms with van der Waals surface area (Å²) < 4.78 is 7.91. The van der Waals surface area contributed by atoms with E-state index in [1.54, 1.807) is 6.20 Å². The number of hydrogen-bond donors (Lipinski definition) is 0. The van der Waals surface area contributed by atoms with Crippen LogP contribution in [0.3, 0.4) is 0 Å². The summed E-state index contributed by atoms with van der Waals surface area (Å²) in [6.45, 7) is 6.14. The van der Waals surface area contributed by atoms with Gasteiger partial charge in [0.25, 0.3) is 0 Å². The third kappa shape index (κ3) is 3.85. The Balaban J connectivity index is 1.57. The van der Waals surface area contributed by atoms with Crippen molar-refractivity contribution in [3.8, 4) is 5.75 Å². The van der Waals surface area contributed by atoms with E-state index in [1.165, 1.54) is 11.1 Å². The van der Waals surface area contributed by atoms with Gasteiger partial charge in [-0.1, -0.05) is 56.3 Å². The van der Waals surface area contributed by atoms with Crippen LogP contribution in [0.2, 0.25) is 0 Å². The predicted octanol–water partition coefficient (Wildman–Crippen LogP) is 4.68. The Kier molecular flexibility index (Phi) is 4.99. The van der Waals surface area contributed by atoms with Gasteiger partial charge in [-0.2, -0.15) is 0 Å². The monoisotopic (exact) mass is 320 g/mol. The zero-order valence-corrected chi connectivity index (χ0v) is 14.4. The van der Waals surface area contributed by atoms with Crippen molar-refractivity contribution in [1.82, 2.24) is 9.55 Å². The van der Waals surface area contributed by atoms with E-state index < -0.39 is 0 Å². The minimum Gasteiger partial charge on any atom is -0.494 e. The van der Waals surface area contributed by atoms with Crippen LogP contribution in [0.1, 0.15) is 31.4 Å². The first-order valence-corrected chi connectivity index (χ1v) is 8.41. The molecule has 24 heavy (non-hydrogen) atoms. The number of aromatic nitrogens is 2. The highest BCUT2D eigenvalue weighted by Gasteiger charge is 2.22. The molecule has 0 bridgehead atoms. The molecule has 1 aromatic heterocycles. The third-order valence-electron chi connectivity index (χ3n) is 4.46. The molecule has 0 aliphatic heterocycles. The molecule has 0 atom stereocenters. The summed E-state index contributed by atoms with van der Waals surface area (Å²) in [5.74, 6) is 0.924. The van der Waals surface area contributed by atoms with E-state index in [1.807, 2.05) is 12.5 Å². The van der Waals surface area contributed by atoms with Gasteiger partial charge >= 0.3 is 0 Å². The highest BCUT2D eigenvalue weighted by molar-refractivity contribution is 5.39. The fourth-order valence-corrected chi connectivity index (χ4v) is 2.85. The molecule has 3 aromatic rings. The summed E-state index contributed by atoms with van der Waals surface area (Å²) in [5, 5.41) is 0. The summed E-state index contributed by atoms with van der Waals surface area (Å²) in [5.41, 5.74) is 2.60. The highest BCUT2D eigenvalue weighted by atomic mass is 16.5. The molecular weight excluding hydrogens is 296 g/mol. The van der Waals surface area contributed by atoms with Crippen LogP contribution in [-0.2, 0) is 12.0 Å². The Hall–Kier alpha value is -2.55. The molecular formula is C21H24N2O. The minimum atomic E-state index is -0.0127. The van der Waals surface area contributed by atoms with Gasteiger partial charge in [-0.25, -0.2) is 4.98 Å². The minimum absolute atomic E-state index is 0.0127. The molecule has 0 saturated carbocycles. The number of nitrogens with zero attached hydrogens (tertiary/aromatic N) is 2. The van der Waals surface area contributed by atoms with Gasteiger partial charge in [-0.15, -0.1) is 0 Å². The molecule has 0 spiro atoms. The summed E-state index contributed by atoms with van der Waals surface area (Å²) in [7, 11) is 0.